The Morgan fingerprint density at radius 3 is 1.96 bits per heavy atom. The van der Waals surface area contributed by atoms with E-state index in [0.29, 0.717) is 25.6 Å². The molecule has 3 aliphatic rings. The van der Waals surface area contributed by atoms with Gasteiger partial charge in [-0.3, -0.25) is 0 Å². The molecular formula is C21H25NO3. The molecule has 2 aromatic rings. The van der Waals surface area contributed by atoms with E-state index in [2.05, 4.69) is 0 Å². The van der Waals surface area contributed by atoms with E-state index in [1.54, 1.807) is 0 Å². The van der Waals surface area contributed by atoms with Crippen molar-refractivity contribution in [1.82, 2.24) is 0 Å². The van der Waals surface area contributed by atoms with Crippen LogP contribution in [0.2, 0.25) is 0 Å². The monoisotopic (exact) mass is 339 g/mol. The van der Waals surface area contributed by atoms with Gasteiger partial charge in [-0.15, -0.1) is 0 Å². The summed E-state index contributed by atoms with van der Waals surface area (Å²) in [6.07, 6.45) is 1.81. The molecule has 3 saturated heterocycles. The van der Waals surface area contributed by atoms with E-state index >= 15 is 0 Å². The first-order valence-corrected chi connectivity index (χ1v) is 9.11. The maximum absolute atomic E-state index is 12.6. The number of hydrogen-bond acceptors (Lipinski definition) is 3. The minimum Gasteiger partial charge on any atom is -0.633 e. The molecule has 0 amide bonds. The topological polar surface area (TPSA) is 52.5 Å². The van der Waals surface area contributed by atoms with Crippen LogP contribution in [-0.4, -0.2) is 42.1 Å². The number of nitrogens with zero attached hydrogens (tertiary/aromatic N) is 1. The summed E-state index contributed by atoms with van der Waals surface area (Å²) >= 11 is 0. The number of aliphatic hydroxyl groups is 1. The van der Waals surface area contributed by atoms with Crippen LogP contribution < -0.4 is 0 Å². The van der Waals surface area contributed by atoms with Crippen LogP contribution in [0.4, 0.5) is 0 Å². The lowest BCUT2D eigenvalue weighted by atomic mass is 9.84. The van der Waals surface area contributed by atoms with Gasteiger partial charge in [-0.1, -0.05) is 60.7 Å². The van der Waals surface area contributed by atoms with Crippen LogP contribution in [0.3, 0.4) is 0 Å². The van der Waals surface area contributed by atoms with Crippen molar-refractivity contribution in [2.24, 2.45) is 5.92 Å². The molecule has 132 valence electrons. The summed E-state index contributed by atoms with van der Waals surface area (Å²) in [6, 6.07) is 19.3. The second-order valence-corrected chi connectivity index (χ2v) is 7.47. The standard InChI is InChI=1S/C21H25NO3/c23-21(18-7-3-1-4-8-18,19-9-5-2-6-10-19)16-25-20-15-22(24)13-11-17(20)12-14-22/h1-10,17,20,23H,11-16H2. The Morgan fingerprint density at radius 2 is 1.48 bits per heavy atom. The molecule has 2 bridgehead atoms. The van der Waals surface area contributed by atoms with E-state index < -0.39 is 5.60 Å². The highest BCUT2D eigenvalue weighted by atomic mass is 16.6. The number of fused-ring (bicyclic) bond motifs is 3. The average molecular weight is 339 g/mol. The van der Waals surface area contributed by atoms with E-state index in [-0.39, 0.29) is 17.4 Å². The summed E-state index contributed by atoms with van der Waals surface area (Å²) in [5.41, 5.74) is 0.421. The highest BCUT2D eigenvalue weighted by molar-refractivity contribution is 5.36. The van der Waals surface area contributed by atoms with Crippen LogP contribution >= 0.6 is 0 Å². The normalized spacial score (nSPS) is 28.9. The van der Waals surface area contributed by atoms with Gasteiger partial charge in [-0.05, 0) is 11.1 Å². The van der Waals surface area contributed by atoms with Gasteiger partial charge in [0.2, 0.25) is 0 Å². The van der Waals surface area contributed by atoms with Crippen molar-refractivity contribution < 1.29 is 14.5 Å². The molecule has 0 aliphatic carbocycles. The lowest BCUT2D eigenvalue weighted by molar-refractivity contribution is -0.901. The Bertz CT molecular complexity index is 656. The zero-order valence-corrected chi connectivity index (χ0v) is 14.4. The van der Waals surface area contributed by atoms with Gasteiger partial charge in [0.1, 0.15) is 18.2 Å². The number of hydrogen-bond donors (Lipinski definition) is 1. The molecule has 1 unspecified atom stereocenters. The lowest BCUT2D eigenvalue weighted by Gasteiger charge is -2.55. The highest BCUT2D eigenvalue weighted by Crippen LogP contribution is 2.37. The number of quaternary nitrogens is 1. The second-order valence-electron chi connectivity index (χ2n) is 7.47. The molecule has 5 rings (SSSR count). The average Bonchev–Trinajstić information content (AvgIpc) is 2.67. The minimum atomic E-state index is -1.21. The molecule has 3 heterocycles. The van der Waals surface area contributed by atoms with Gasteiger partial charge in [0.05, 0.1) is 19.7 Å². The Morgan fingerprint density at radius 1 is 0.960 bits per heavy atom. The Kier molecular flexibility index (Phi) is 4.38. The zero-order chi connectivity index (χ0) is 17.3. The predicted octanol–water partition coefficient (Wildman–Crippen LogP) is 3.05. The molecule has 4 nitrogen and oxygen atoms in total. The zero-order valence-electron chi connectivity index (χ0n) is 14.4. The van der Waals surface area contributed by atoms with Crippen LogP contribution in [0.25, 0.3) is 0 Å². The summed E-state index contributed by atoms with van der Waals surface area (Å²) in [5, 5.41) is 24.1. The number of rotatable bonds is 5. The van der Waals surface area contributed by atoms with Crippen molar-refractivity contribution in [3.63, 3.8) is 0 Å². The number of ether oxygens (including phenoxy) is 1. The molecule has 2 aromatic carbocycles. The maximum Gasteiger partial charge on any atom is 0.138 e. The van der Waals surface area contributed by atoms with E-state index in [1.807, 2.05) is 60.7 Å². The number of hydroxylamine groups is 3. The molecule has 0 radical (unpaired) electrons. The lowest BCUT2D eigenvalue weighted by Crippen LogP contribution is -2.61. The molecule has 0 aromatic heterocycles. The van der Waals surface area contributed by atoms with Crippen LogP contribution in [-0.2, 0) is 10.3 Å². The van der Waals surface area contributed by atoms with Gasteiger partial charge < -0.3 is 19.7 Å². The minimum absolute atomic E-state index is 0.0565. The fourth-order valence-corrected chi connectivity index (χ4v) is 4.27. The molecule has 0 spiro atoms. The molecule has 25 heavy (non-hydrogen) atoms. The quantitative estimate of drug-likeness (QED) is 0.673. The van der Waals surface area contributed by atoms with Gasteiger partial charge in [-0.25, -0.2) is 0 Å². The molecule has 1 N–H and O–H groups in total. The van der Waals surface area contributed by atoms with E-state index in [0.717, 1.165) is 24.0 Å². The van der Waals surface area contributed by atoms with Gasteiger partial charge in [0.15, 0.2) is 0 Å². The molecule has 0 saturated carbocycles. The number of benzene rings is 2. The smallest absolute Gasteiger partial charge is 0.138 e. The summed E-state index contributed by atoms with van der Waals surface area (Å²) in [4.78, 5) is 0. The summed E-state index contributed by atoms with van der Waals surface area (Å²) in [7, 11) is 0. The molecule has 3 fully saturated rings. The SMILES string of the molecule is [O-][N+]12CCC(CC1)C(OCC(O)(c1ccccc1)c1ccccc1)C2. The molecular weight excluding hydrogens is 314 g/mol. The van der Waals surface area contributed by atoms with Crippen LogP contribution in [0, 0.1) is 11.1 Å². The van der Waals surface area contributed by atoms with Crippen molar-refractivity contribution in [3.8, 4) is 0 Å². The largest absolute Gasteiger partial charge is 0.633 e. The van der Waals surface area contributed by atoms with Gasteiger partial charge in [0, 0.05) is 18.8 Å². The summed E-state index contributed by atoms with van der Waals surface area (Å²) in [6.45, 7) is 2.12. The molecule has 4 heteroatoms. The Balaban J connectivity index is 1.58. The maximum atomic E-state index is 12.6. The summed E-state index contributed by atoms with van der Waals surface area (Å²) in [5.74, 6) is 0.449. The van der Waals surface area contributed by atoms with Crippen LogP contribution in [0.15, 0.2) is 60.7 Å². The van der Waals surface area contributed by atoms with Gasteiger partial charge in [0.25, 0.3) is 0 Å². The third-order valence-corrected chi connectivity index (χ3v) is 5.86. The second kappa shape index (κ2) is 6.54. The first-order chi connectivity index (χ1) is 12.1. The third kappa shape index (κ3) is 3.23. The van der Waals surface area contributed by atoms with Crippen LogP contribution in [0.1, 0.15) is 24.0 Å². The van der Waals surface area contributed by atoms with Gasteiger partial charge >= 0.3 is 0 Å². The molecule has 3 aliphatic heterocycles. The van der Waals surface area contributed by atoms with E-state index in [9.17, 15) is 10.3 Å². The van der Waals surface area contributed by atoms with Crippen molar-refractivity contribution in [2.75, 3.05) is 26.2 Å². The van der Waals surface area contributed by atoms with Crippen molar-refractivity contribution >= 4 is 0 Å². The van der Waals surface area contributed by atoms with Gasteiger partial charge in [-0.2, -0.15) is 0 Å². The van der Waals surface area contributed by atoms with Crippen molar-refractivity contribution in [1.29, 1.82) is 0 Å². The Labute approximate surface area is 148 Å². The van der Waals surface area contributed by atoms with E-state index in [4.69, 9.17) is 4.74 Å². The first kappa shape index (κ1) is 16.7. The fourth-order valence-electron chi connectivity index (χ4n) is 4.27. The van der Waals surface area contributed by atoms with E-state index in [1.165, 1.54) is 0 Å². The molecule has 1 atom stereocenters. The predicted molar refractivity (Wildman–Crippen MR) is 96.6 cm³/mol. The van der Waals surface area contributed by atoms with Crippen molar-refractivity contribution in [3.05, 3.63) is 77.0 Å². The van der Waals surface area contributed by atoms with Crippen molar-refractivity contribution in [2.45, 2.75) is 24.5 Å². The van der Waals surface area contributed by atoms with Crippen LogP contribution in [0.5, 0.6) is 0 Å². The fraction of sp³-hybridized carbons (Fsp3) is 0.429. The summed E-state index contributed by atoms with van der Waals surface area (Å²) < 4.78 is 6.06. The first-order valence-electron chi connectivity index (χ1n) is 9.11. The third-order valence-electron chi connectivity index (χ3n) is 5.86. The Hall–Kier alpha value is -1.72. The highest BCUT2D eigenvalue weighted by Gasteiger charge is 2.43. The number of piperidine rings is 3.